The fraction of sp³-hybridized carbons (Fsp3) is 0.444. The summed E-state index contributed by atoms with van der Waals surface area (Å²) in [6, 6.07) is 4.03. The minimum atomic E-state index is 0.414. The van der Waals surface area contributed by atoms with Gasteiger partial charge < -0.3 is 0 Å². The Labute approximate surface area is 70.1 Å². The van der Waals surface area contributed by atoms with E-state index in [1.54, 1.807) is 11.3 Å². The summed E-state index contributed by atoms with van der Waals surface area (Å²) >= 11 is 1.68. The van der Waals surface area contributed by atoms with Crippen LogP contribution < -0.4 is 0 Å². The summed E-state index contributed by atoms with van der Waals surface area (Å²) in [6.45, 7) is 0. The molecule has 0 spiro atoms. The number of thiophene rings is 1. The quantitative estimate of drug-likeness (QED) is 0.673. The van der Waals surface area contributed by atoms with Crippen LogP contribution in [0.15, 0.2) is 17.5 Å². The smallest absolute Gasteiger partial charge is 0.141 e. The van der Waals surface area contributed by atoms with Gasteiger partial charge in [0, 0.05) is 17.2 Å². The molecule has 2 rings (SSSR count). The molecule has 0 N–H and O–H groups in total. The number of carbonyl (C=O) groups is 1. The first-order valence-electron chi connectivity index (χ1n) is 3.91. The van der Waals surface area contributed by atoms with E-state index >= 15 is 0 Å². The van der Waals surface area contributed by atoms with Crippen molar-refractivity contribution < 1.29 is 4.79 Å². The average molecular weight is 166 g/mol. The van der Waals surface area contributed by atoms with Crippen LogP contribution in [0.5, 0.6) is 0 Å². The highest BCUT2D eigenvalue weighted by Gasteiger charge is 2.29. The first kappa shape index (κ1) is 7.04. The molecule has 1 aliphatic carbocycles. The fourth-order valence-electron chi connectivity index (χ4n) is 1.13. The lowest BCUT2D eigenvalue weighted by atomic mass is 10.2. The van der Waals surface area contributed by atoms with Crippen molar-refractivity contribution in [2.45, 2.75) is 19.3 Å². The highest BCUT2D eigenvalue weighted by molar-refractivity contribution is 7.10. The standard InChI is InChI=1S/C9H10OS/c10-9(7-3-4-7)6-8-2-1-5-11-8/h1-2,5,7H,3-4,6H2. The molecule has 58 valence electrons. The van der Waals surface area contributed by atoms with Crippen molar-refractivity contribution in [3.05, 3.63) is 22.4 Å². The van der Waals surface area contributed by atoms with Gasteiger partial charge in [0.05, 0.1) is 0 Å². The molecule has 1 fully saturated rings. The maximum atomic E-state index is 11.3. The zero-order valence-corrected chi connectivity index (χ0v) is 7.06. The predicted octanol–water partition coefficient (Wildman–Crippen LogP) is 2.27. The van der Waals surface area contributed by atoms with Crippen molar-refractivity contribution in [2.75, 3.05) is 0 Å². The highest BCUT2D eigenvalue weighted by atomic mass is 32.1. The van der Waals surface area contributed by atoms with Gasteiger partial charge in [0.25, 0.3) is 0 Å². The lowest BCUT2D eigenvalue weighted by molar-refractivity contribution is -0.119. The van der Waals surface area contributed by atoms with Crippen LogP contribution in [0.2, 0.25) is 0 Å². The number of Topliss-reactive ketones (excluding diaryl/α,β-unsaturated/α-hetero) is 1. The van der Waals surface area contributed by atoms with Crippen LogP contribution in [0.25, 0.3) is 0 Å². The van der Waals surface area contributed by atoms with E-state index in [4.69, 9.17) is 0 Å². The van der Waals surface area contributed by atoms with Crippen molar-refractivity contribution >= 4 is 17.1 Å². The summed E-state index contributed by atoms with van der Waals surface area (Å²) in [7, 11) is 0. The molecule has 1 nitrogen and oxygen atoms in total. The maximum Gasteiger partial charge on any atom is 0.141 e. The number of hydrogen-bond acceptors (Lipinski definition) is 2. The van der Waals surface area contributed by atoms with Gasteiger partial charge in [-0.25, -0.2) is 0 Å². The molecule has 0 unspecified atom stereocenters. The molecule has 0 amide bonds. The van der Waals surface area contributed by atoms with Crippen molar-refractivity contribution in [1.82, 2.24) is 0 Å². The Balaban J connectivity index is 1.94. The summed E-state index contributed by atoms with van der Waals surface area (Å²) in [6.07, 6.45) is 2.93. The van der Waals surface area contributed by atoms with Gasteiger partial charge >= 0.3 is 0 Å². The topological polar surface area (TPSA) is 17.1 Å². The number of ketones is 1. The third kappa shape index (κ3) is 1.69. The molecule has 0 bridgehead atoms. The summed E-state index contributed by atoms with van der Waals surface area (Å²) in [5.74, 6) is 0.851. The Morgan fingerprint density at radius 1 is 1.64 bits per heavy atom. The molecule has 1 aliphatic rings. The molecule has 0 aromatic carbocycles. The van der Waals surface area contributed by atoms with Gasteiger partial charge in [-0.2, -0.15) is 0 Å². The fourth-order valence-corrected chi connectivity index (χ4v) is 1.85. The van der Waals surface area contributed by atoms with Gasteiger partial charge in [-0.3, -0.25) is 4.79 Å². The zero-order chi connectivity index (χ0) is 7.68. The second kappa shape index (κ2) is 2.78. The molecule has 1 heterocycles. The molecule has 0 atom stereocenters. The van der Waals surface area contributed by atoms with Gasteiger partial charge in [0.15, 0.2) is 0 Å². The van der Waals surface area contributed by atoms with Gasteiger partial charge in [0.2, 0.25) is 0 Å². The van der Waals surface area contributed by atoms with Crippen LogP contribution in [-0.2, 0) is 11.2 Å². The van der Waals surface area contributed by atoms with E-state index in [0.717, 1.165) is 12.8 Å². The second-order valence-corrected chi connectivity index (χ2v) is 4.03. The molecule has 0 aliphatic heterocycles. The van der Waals surface area contributed by atoms with E-state index in [1.165, 1.54) is 4.88 Å². The number of carbonyl (C=O) groups excluding carboxylic acids is 1. The summed E-state index contributed by atoms with van der Waals surface area (Å²) in [4.78, 5) is 12.5. The van der Waals surface area contributed by atoms with Crippen LogP contribution in [0.3, 0.4) is 0 Å². The number of hydrogen-bond donors (Lipinski definition) is 0. The monoisotopic (exact) mass is 166 g/mol. The van der Waals surface area contributed by atoms with Crippen LogP contribution in [0.1, 0.15) is 17.7 Å². The minimum absolute atomic E-state index is 0.414. The Hall–Kier alpha value is -0.630. The zero-order valence-electron chi connectivity index (χ0n) is 6.25. The maximum absolute atomic E-state index is 11.3. The van der Waals surface area contributed by atoms with Gasteiger partial charge in [0.1, 0.15) is 5.78 Å². The van der Waals surface area contributed by atoms with Crippen molar-refractivity contribution in [2.24, 2.45) is 5.92 Å². The van der Waals surface area contributed by atoms with Gasteiger partial charge in [-0.15, -0.1) is 11.3 Å². The van der Waals surface area contributed by atoms with Crippen molar-refractivity contribution in [1.29, 1.82) is 0 Å². The lowest BCUT2D eigenvalue weighted by Crippen LogP contribution is -2.02. The summed E-state index contributed by atoms with van der Waals surface area (Å²) in [5, 5.41) is 2.02. The normalized spacial score (nSPS) is 16.7. The first-order chi connectivity index (χ1) is 5.36. The third-order valence-electron chi connectivity index (χ3n) is 1.96. The molecule has 1 aromatic heterocycles. The van der Waals surface area contributed by atoms with Gasteiger partial charge in [-0.05, 0) is 24.3 Å². The van der Waals surface area contributed by atoms with Crippen molar-refractivity contribution in [3.8, 4) is 0 Å². The van der Waals surface area contributed by atoms with E-state index in [0.29, 0.717) is 18.1 Å². The molecule has 1 aromatic rings. The Kier molecular flexibility index (Phi) is 1.78. The average Bonchev–Trinajstić information content (AvgIpc) is 2.73. The van der Waals surface area contributed by atoms with E-state index in [2.05, 4.69) is 0 Å². The summed E-state index contributed by atoms with van der Waals surface area (Å²) < 4.78 is 0. The van der Waals surface area contributed by atoms with Gasteiger partial charge in [-0.1, -0.05) is 6.07 Å². The minimum Gasteiger partial charge on any atom is -0.299 e. The SMILES string of the molecule is O=C(Cc1cccs1)C1CC1. The third-order valence-corrected chi connectivity index (χ3v) is 2.84. The largest absolute Gasteiger partial charge is 0.299 e. The molecule has 0 radical (unpaired) electrons. The predicted molar refractivity (Wildman–Crippen MR) is 45.8 cm³/mol. The van der Waals surface area contributed by atoms with Crippen LogP contribution in [0, 0.1) is 5.92 Å². The number of rotatable bonds is 3. The van der Waals surface area contributed by atoms with E-state index in [9.17, 15) is 4.79 Å². The lowest BCUT2D eigenvalue weighted by Gasteiger charge is -1.92. The highest BCUT2D eigenvalue weighted by Crippen LogP contribution is 2.31. The first-order valence-corrected chi connectivity index (χ1v) is 4.79. The van der Waals surface area contributed by atoms with Crippen LogP contribution in [0.4, 0.5) is 0 Å². The second-order valence-electron chi connectivity index (χ2n) is 3.00. The van der Waals surface area contributed by atoms with E-state index in [-0.39, 0.29) is 0 Å². The van der Waals surface area contributed by atoms with Crippen molar-refractivity contribution in [3.63, 3.8) is 0 Å². The van der Waals surface area contributed by atoms with Crippen LogP contribution in [-0.4, -0.2) is 5.78 Å². The van der Waals surface area contributed by atoms with Crippen LogP contribution >= 0.6 is 11.3 Å². The molecular weight excluding hydrogens is 156 g/mol. The molecule has 11 heavy (non-hydrogen) atoms. The summed E-state index contributed by atoms with van der Waals surface area (Å²) in [5.41, 5.74) is 0. The Morgan fingerprint density at radius 3 is 3.00 bits per heavy atom. The Bertz CT molecular complexity index is 247. The molecule has 0 saturated heterocycles. The molecular formula is C9H10OS. The van der Waals surface area contributed by atoms with E-state index < -0.39 is 0 Å². The molecule has 2 heteroatoms. The van der Waals surface area contributed by atoms with E-state index in [1.807, 2.05) is 17.5 Å². The molecule has 1 saturated carbocycles. The Morgan fingerprint density at radius 2 is 2.45 bits per heavy atom.